The Labute approximate surface area is 257 Å². The molecule has 1 saturated heterocycles. The third-order valence-electron chi connectivity index (χ3n) is 8.06. The number of likely N-dealkylation sites (tertiary alicyclic amines) is 1. The Kier molecular flexibility index (Phi) is 10.7. The van der Waals surface area contributed by atoms with Gasteiger partial charge in [0, 0.05) is 31.1 Å². The summed E-state index contributed by atoms with van der Waals surface area (Å²) in [5.74, 6) is -0.0594. The predicted octanol–water partition coefficient (Wildman–Crippen LogP) is 4.49. The second-order valence-electron chi connectivity index (χ2n) is 11.4. The van der Waals surface area contributed by atoms with E-state index in [4.69, 9.17) is 9.47 Å². The van der Waals surface area contributed by atoms with E-state index in [0.717, 1.165) is 62.2 Å². The number of phenols is 1. The highest BCUT2D eigenvalue weighted by molar-refractivity contribution is 5.87. The van der Waals surface area contributed by atoms with Crippen LogP contribution in [0.25, 0.3) is 10.9 Å². The quantitative estimate of drug-likeness (QED) is 0.124. The summed E-state index contributed by atoms with van der Waals surface area (Å²) < 4.78 is 12.0. The zero-order chi connectivity index (χ0) is 30.9. The summed E-state index contributed by atoms with van der Waals surface area (Å²) in [7, 11) is 2.04. The Morgan fingerprint density at radius 3 is 2.64 bits per heavy atom. The van der Waals surface area contributed by atoms with Gasteiger partial charge in [0.15, 0.2) is 0 Å². The van der Waals surface area contributed by atoms with Gasteiger partial charge in [-0.3, -0.25) is 9.59 Å². The van der Waals surface area contributed by atoms with Crippen molar-refractivity contribution in [1.82, 2.24) is 15.2 Å². The van der Waals surface area contributed by atoms with E-state index >= 15 is 0 Å². The van der Waals surface area contributed by atoms with E-state index in [0.29, 0.717) is 29.6 Å². The van der Waals surface area contributed by atoms with Crippen LogP contribution in [0.1, 0.15) is 54.4 Å². The highest BCUT2D eigenvalue weighted by Crippen LogP contribution is 2.31. The van der Waals surface area contributed by atoms with Gasteiger partial charge in [-0.25, -0.2) is 0 Å². The molecule has 3 aromatic carbocycles. The highest BCUT2D eigenvalue weighted by Gasteiger charge is 2.30. The number of pyridine rings is 1. The molecule has 4 N–H and O–H groups in total. The van der Waals surface area contributed by atoms with Crippen molar-refractivity contribution in [2.45, 2.75) is 43.8 Å². The second-order valence-corrected chi connectivity index (χ2v) is 11.4. The average Bonchev–Trinajstić information content (AvgIpc) is 3.43. The van der Waals surface area contributed by atoms with Crippen molar-refractivity contribution >= 4 is 16.9 Å². The molecule has 0 amide bonds. The molecule has 0 aliphatic carbocycles. The summed E-state index contributed by atoms with van der Waals surface area (Å²) >= 11 is 0. The number of phenolic OH excluding ortho intramolecular Hbond substituents is 1. The standard InChI is InChI=1S/C35H41N3O6/c1-38-19-17-27(23-38)44-35(42)33(24-9-4-2-5-10-24)25-11-8-12-26(21-25)43-20-7-3-6-18-36-22-31(40)28-13-15-30(39)34-29(28)14-16-32(41)37-34/h2,4-5,8-16,21,27,31,33,36,39-40H,3,6-7,17-20,22-23H2,1H3,(H,37,41)/t27-,31+,33?/m1/s1. The number of aromatic amines is 1. The molecule has 9 nitrogen and oxygen atoms in total. The molecule has 1 unspecified atom stereocenters. The second kappa shape index (κ2) is 15.0. The third-order valence-corrected chi connectivity index (χ3v) is 8.06. The first-order valence-electron chi connectivity index (χ1n) is 15.3. The number of benzene rings is 3. The van der Waals surface area contributed by atoms with E-state index in [-0.39, 0.29) is 23.4 Å². The Bertz CT molecular complexity index is 1590. The number of nitrogens with one attached hydrogen (secondary N) is 2. The highest BCUT2D eigenvalue weighted by atomic mass is 16.5. The van der Waals surface area contributed by atoms with Crippen LogP contribution in [0, 0.1) is 0 Å². The number of hydrogen-bond acceptors (Lipinski definition) is 8. The third kappa shape index (κ3) is 8.05. The number of hydrogen-bond donors (Lipinski definition) is 4. The van der Waals surface area contributed by atoms with Crippen molar-refractivity contribution in [3.63, 3.8) is 0 Å². The van der Waals surface area contributed by atoms with Crippen molar-refractivity contribution < 1.29 is 24.5 Å². The zero-order valence-corrected chi connectivity index (χ0v) is 25.1. The van der Waals surface area contributed by atoms with Gasteiger partial charge in [0.2, 0.25) is 5.56 Å². The van der Waals surface area contributed by atoms with E-state index < -0.39 is 12.0 Å². The van der Waals surface area contributed by atoms with Gasteiger partial charge in [0.25, 0.3) is 0 Å². The van der Waals surface area contributed by atoms with Crippen molar-refractivity contribution in [1.29, 1.82) is 0 Å². The van der Waals surface area contributed by atoms with Gasteiger partial charge >= 0.3 is 5.97 Å². The number of aliphatic hydroxyl groups excluding tert-OH is 1. The van der Waals surface area contributed by atoms with Crippen LogP contribution in [0.4, 0.5) is 0 Å². The molecule has 0 radical (unpaired) electrons. The van der Waals surface area contributed by atoms with Crippen molar-refractivity contribution in [3.05, 3.63) is 106 Å². The molecule has 5 rings (SSSR count). The Morgan fingerprint density at radius 2 is 1.84 bits per heavy atom. The lowest BCUT2D eigenvalue weighted by molar-refractivity contribution is -0.149. The molecule has 0 spiro atoms. The zero-order valence-electron chi connectivity index (χ0n) is 25.1. The first-order chi connectivity index (χ1) is 21.4. The van der Waals surface area contributed by atoms with Gasteiger partial charge in [0.05, 0.1) is 18.2 Å². The topological polar surface area (TPSA) is 124 Å². The van der Waals surface area contributed by atoms with Crippen molar-refractivity contribution in [2.24, 2.45) is 0 Å². The average molecular weight is 600 g/mol. The Hall–Kier alpha value is -4.18. The van der Waals surface area contributed by atoms with Gasteiger partial charge in [-0.1, -0.05) is 48.5 Å². The van der Waals surface area contributed by atoms with Crippen LogP contribution in [0.5, 0.6) is 11.5 Å². The van der Waals surface area contributed by atoms with E-state index in [1.807, 2.05) is 61.6 Å². The summed E-state index contributed by atoms with van der Waals surface area (Å²) in [6.45, 7) is 3.32. The molecular formula is C35H41N3O6. The molecule has 232 valence electrons. The maximum atomic E-state index is 13.4. The normalized spacial score (nSPS) is 16.5. The van der Waals surface area contributed by atoms with Gasteiger partial charge in [-0.2, -0.15) is 0 Å². The number of aromatic nitrogens is 1. The van der Waals surface area contributed by atoms with Crippen LogP contribution < -0.4 is 15.6 Å². The number of ether oxygens (including phenoxy) is 2. The number of H-pyrrole nitrogens is 1. The van der Waals surface area contributed by atoms with Crippen LogP contribution in [-0.2, 0) is 9.53 Å². The fourth-order valence-electron chi connectivity index (χ4n) is 5.73. The van der Waals surface area contributed by atoms with Gasteiger partial charge < -0.3 is 34.9 Å². The summed E-state index contributed by atoms with van der Waals surface area (Å²) in [6, 6.07) is 23.6. The van der Waals surface area contributed by atoms with Crippen LogP contribution in [0.15, 0.2) is 83.7 Å². The minimum Gasteiger partial charge on any atom is -0.506 e. The fraction of sp³-hybridized carbons (Fsp3) is 0.371. The number of fused-ring (bicyclic) bond motifs is 1. The molecule has 4 aromatic rings. The lowest BCUT2D eigenvalue weighted by Crippen LogP contribution is -2.26. The van der Waals surface area contributed by atoms with Crippen LogP contribution in [0.3, 0.4) is 0 Å². The molecule has 0 saturated carbocycles. The van der Waals surface area contributed by atoms with Crippen LogP contribution in [0.2, 0.25) is 0 Å². The summed E-state index contributed by atoms with van der Waals surface area (Å²) in [5, 5.41) is 24.7. The maximum absolute atomic E-state index is 13.4. The predicted molar refractivity (Wildman–Crippen MR) is 170 cm³/mol. The van der Waals surface area contributed by atoms with E-state index in [1.54, 1.807) is 12.1 Å². The molecule has 0 bridgehead atoms. The molecule has 1 aliphatic heterocycles. The lowest BCUT2D eigenvalue weighted by atomic mass is 9.91. The number of unbranched alkanes of at least 4 members (excludes halogenated alkanes) is 2. The van der Waals surface area contributed by atoms with Gasteiger partial charge in [0.1, 0.15) is 23.5 Å². The van der Waals surface area contributed by atoms with Crippen molar-refractivity contribution in [2.75, 3.05) is 39.8 Å². The number of aliphatic hydroxyl groups is 1. The maximum Gasteiger partial charge on any atom is 0.318 e. The monoisotopic (exact) mass is 599 g/mol. The number of aromatic hydroxyl groups is 1. The first kappa shape index (κ1) is 31.3. The number of nitrogens with zero attached hydrogens (tertiary/aromatic N) is 1. The van der Waals surface area contributed by atoms with Crippen LogP contribution in [-0.4, -0.2) is 72.0 Å². The number of rotatable bonds is 14. The number of carbonyl (C=O) groups excluding carboxylic acids is 1. The first-order valence-corrected chi connectivity index (χ1v) is 15.3. The molecule has 2 heterocycles. The largest absolute Gasteiger partial charge is 0.506 e. The number of carbonyl (C=O) groups is 1. The van der Waals surface area contributed by atoms with E-state index in [2.05, 4.69) is 15.2 Å². The molecule has 44 heavy (non-hydrogen) atoms. The summed E-state index contributed by atoms with van der Waals surface area (Å²) in [6.07, 6.45) is 2.70. The van der Waals surface area contributed by atoms with Gasteiger partial charge in [-0.05, 0) is 80.2 Å². The summed E-state index contributed by atoms with van der Waals surface area (Å²) in [5.41, 5.74) is 2.41. The minimum atomic E-state index is -0.781. The smallest absolute Gasteiger partial charge is 0.318 e. The molecule has 3 atom stereocenters. The molecule has 1 aromatic heterocycles. The minimum absolute atomic E-state index is 0.0263. The number of esters is 1. The molecule has 1 fully saturated rings. The Balaban J connectivity index is 1.07. The van der Waals surface area contributed by atoms with E-state index in [9.17, 15) is 19.8 Å². The van der Waals surface area contributed by atoms with Gasteiger partial charge in [-0.15, -0.1) is 0 Å². The van der Waals surface area contributed by atoms with Crippen LogP contribution >= 0.6 is 0 Å². The van der Waals surface area contributed by atoms with E-state index in [1.165, 1.54) is 12.1 Å². The SMILES string of the molecule is CN1CC[C@@H](OC(=O)C(c2ccccc2)c2cccc(OCCCCCNC[C@H](O)c3ccc(O)c4[nH]c(=O)ccc34)c2)C1. The molecule has 1 aliphatic rings. The molecule has 9 heteroatoms. The fourth-order valence-corrected chi connectivity index (χ4v) is 5.73. The van der Waals surface area contributed by atoms with Crippen molar-refractivity contribution in [3.8, 4) is 11.5 Å². The molecular weight excluding hydrogens is 558 g/mol. The number of likely N-dealkylation sites (N-methyl/N-ethyl adjacent to an activating group) is 1. The lowest BCUT2D eigenvalue weighted by Gasteiger charge is -2.20. The summed E-state index contributed by atoms with van der Waals surface area (Å²) in [4.78, 5) is 29.8. The Morgan fingerprint density at radius 1 is 1.02 bits per heavy atom.